The van der Waals surface area contributed by atoms with E-state index in [4.69, 9.17) is 0 Å². The normalized spacial score (nSPS) is 10.2. The summed E-state index contributed by atoms with van der Waals surface area (Å²) in [5.74, 6) is 2.74. The molecule has 0 atom stereocenters. The quantitative estimate of drug-likeness (QED) is 0.510. The number of allylic oxidation sites excluding steroid dienone is 2. The topological polar surface area (TPSA) is 35.5 Å². The van der Waals surface area contributed by atoms with Gasteiger partial charge in [0.05, 0.1) is 0 Å². The van der Waals surface area contributed by atoms with Gasteiger partial charge in [-0.25, -0.2) is 4.57 Å². The van der Waals surface area contributed by atoms with E-state index in [1.807, 2.05) is 20.8 Å². The largest absolute Gasteiger partial charge is 0.405 e. The molecule has 4 heteroatoms. The minimum Gasteiger partial charge on any atom is -0.303 e. The first-order chi connectivity index (χ1) is 5.95. The smallest absolute Gasteiger partial charge is 0.303 e. The van der Waals surface area contributed by atoms with E-state index in [0.29, 0.717) is 0 Å². The molecule has 0 aliphatic carbocycles. The van der Waals surface area contributed by atoms with Gasteiger partial charge in [0.2, 0.25) is 0 Å². The summed E-state index contributed by atoms with van der Waals surface area (Å²) in [6.45, 7) is 5.74. The summed E-state index contributed by atoms with van der Waals surface area (Å²) in [6.07, 6.45) is 0. The van der Waals surface area contributed by atoms with Crippen molar-refractivity contribution in [3.05, 3.63) is 11.1 Å². The standard InChI is InChI=1S/C9H15O3P/c1-8(2)9(3)6-7-13(10,11-4)12-5/h1-5H3. The van der Waals surface area contributed by atoms with Crippen molar-refractivity contribution in [2.75, 3.05) is 14.2 Å². The Bertz CT molecular complexity index is 295. The molecule has 0 aromatic heterocycles. The van der Waals surface area contributed by atoms with Gasteiger partial charge in [0.15, 0.2) is 0 Å². The van der Waals surface area contributed by atoms with Crippen LogP contribution in [0.5, 0.6) is 0 Å². The third-order valence-corrected chi connectivity index (χ3v) is 2.96. The molecule has 0 rings (SSSR count). The van der Waals surface area contributed by atoms with Crippen molar-refractivity contribution in [3.63, 3.8) is 0 Å². The minimum atomic E-state index is -3.17. The van der Waals surface area contributed by atoms with Crippen molar-refractivity contribution in [3.8, 4) is 11.6 Å². The molecule has 0 N–H and O–H groups in total. The second kappa shape index (κ2) is 5.24. The van der Waals surface area contributed by atoms with Gasteiger partial charge >= 0.3 is 7.60 Å². The fourth-order valence-corrected chi connectivity index (χ4v) is 1.08. The molecule has 0 unspecified atom stereocenters. The van der Waals surface area contributed by atoms with Gasteiger partial charge in [0, 0.05) is 19.9 Å². The molecule has 0 aromatic carbocycles. The van der Waals surface area contributed by atoms with Crippen LogP contribution < -0.4 is 0 Å². The van der Waals surface area contributed by atoms with Gasteiger partial charge in [0.25, 0.3) is 0 Å². The highest BCUT2D eigenvalue weighted by Gasteiger charge is 2.16. The van der Waals surface area contributed by atoms with Gasteiger partial charge in [0.1, 0.15) is 0 Å². The fourth-order valence-electron chi connectivity index (χ4n) is 0.443. The second-order valence-corrected chi connectivity index (χ2v) is 4.67. The molecular formula is C9H15O3P. The van der Waals surface area contributed by atoms with Gasteiger partial charge in [-0.15, -0.1) is 0 Å². The Hall–Kier alpha value is -0.550. The maximum absolute atomic E-state index is 11.4. The van der Waals surface area contributed by atoms with Gasteiger partial charge in [-0.1, -0.05) is 11.5 Å². The summed E-state index contributed by atoms with van der Waals surface area (Å²) >= 11 is 0. The van der Waals surface area contributed by atoms with Gasteiger partial charge in [-0.2, -0.15) is 0 Å². The maximum Gasteiger partial charge on any atom is 0.405 e. The van der Waals surface area contributed by atoms with Crippen LogP contribution in [-0.2, 0) is 13.6 Å². The van der Waals surface area contributed by atoms with Crippen LogP contribution in [0.25, 0.3) is 0 Å². The lowest BCUT2D eigenvalue weighted by molar-refractivity contribution is 0.288. The zero-order chi connectivity index (χ0) is 10.5. The molecule has 3 nitrogen and oxygen atoms in total. The van der Waals surface area contributed by atoms with E-state index in [1.54, 1.807) is 0 Å². The van der Waals surface area contributed by atoms with Crippen LogP contribution in [0, 0.1) is 11.6 Å². The van der Waals surface area contributed by atoms with Crippen LogP contribution in [0.15, 0.2) is 11.1 Å². The summed E-state index contributed by atoms with van der Waals surface area (Å²) < 4.78 is 20.7. The summed E-state index contributed by atoms with van der Waals surface area (Å²) in [6, 6.07) is 0. The van der Waals surface area contributed by atoms with Crippen molar-refractivity contribution < 1.29 is 13.6 Å². The second-order valence-electron chi connectivity index (χ2n) is 2.72. The lowest BCUT2D eigenvalue weighted by Gasteiger charge is -2.04. The predicted octanol–water partition coefficient (Wildman–Crippen LogP) is 2.79. The molecule has 0 aromatic rings. The first-order valence-corrected chi connectivity index (χ1v) is 5.38. The van der Waals surface area contributed by atoms with Crippen LogP contribution in [0.3, 0.4) is 0 Å². The first-order valence-electron chi connectivity index (χ1n) is 3.84. The van der Waals surface area contributed by atoms with Gasteiger partial charge in [-0.3, -0.25) is 0 Å². The van der Waals surface area contributed by atoms with E-state index in [0.717, 1.165) is 11.1 Å². The highest BCUT2D eigenvalue weighted by molar-refractivity contribution is 7.59. The van der Waals surface area contributed by atoms with Gasteiger partial charge in [-0.05, 0) is 26.3 Å². The lowest BCUT2D eigenvalue weighted by Crippen LogP contribution is -1.84. The van der Waals surface area contributed by atoms with Crippen LogP contribution in [-0.4, -0.2) is 14.2 Å². The van der Waals surface area contributed by atoms with E-state index >= 15 is 0 Å². The molecule has 0 amide bonds. The summed E-state index contributed by atoms with van der Waals surface area (Å²) in [5, 5.41) is 0. The monoisotopic (exact) mass is 202 g/mol. The molecule has 13 heavy (non-hydrogen) atoms. The van der Waals surface area contributed by atoms with Crippen LogP contribution in [0.2, 0.25) is 0 Å². The number of hydrogen-bond acceptors (Lipinski definition) is 3. The zero-order valence-electron chi connectivity index (χ0n) is 8.67. The molecular weight excluding hydrogens is 187 g/mol. The summed E-state index contributed by atoms with van der Waals surface area (Å²) in [4.78, 5) is 0. The average Bonchev–Trinajstić information content (AvgIpc) is 2.13. The highest BCUT2D eigenvalue weighted by atomic mass is 31.2. The molecule has 0 heterocycles. The molecule has 0 saturated heterocycles. The van der Waals surface area contributed by atoms with Crippen molar-refractivity contribution in [2.24, 2.45) is 0 Å². The summed E-state index contributed by atoms with van der Waals surface area (Å²) in [7, 11) is -0.537. The van der Waals surface area contributed by atoms with E-state index in [2.05, 4.69) is 20.6 Å². The number of hydrogen-bond donors (Lipinski definition) is 0. The molecule has 0 spiro atoms. The van der Waals surface area contributed by atoms with E-state index in [1.165, 1.54) is 14.2 Å². The summed E-state index contributed by atoms with van der Waals surface area (Å²) in [5.41, 5.74) is 4.45. The lowest BCUT2D eigenvalue weighted by atomic mass is 10.2. The molecule has 0 fully saturated rings. The molecule has 0 aliphatic rings. The molecule has 0 bridgehead atoms. The minimum absolute atomic E-state index is 0.884. The fraction of sp³-hybridized carbons (Fsp3) is 0.556. The Labute approximate surface area is 79.7 Å². The Morgan fingerprint density at radius 2 is 1.62 bits per heavy atom. The maximum atomic E-state index is 11.4. The van der Waals surface area contributed by atoms with Crippen molar-refractivity contribution >= 4 is 7.60 Å². The number of rotatable bonds is 2. The Balaban J connectivity index is 4.78. The predicted molar refractivity (Wildman–Crippen MR) is 53.4 cm³/mol. The Morgan fingerprint density at radius 1 is 1.15 bits per heavy atom. The third-order valence-electron chi connectivity index (χ3n) is 1.61. The average molecular weight is 202 g/mol. The van der Waals surface area contributed by atoms with E-state index in [9.17, 15) is 4.57 Å². The van der Waals surface area contributed by atoms with Crippen molar-refractivity contribution in [2.45, 2.75) is 20.8 Å². The van der Waals surface area contributed by atoms with Crippen LogP contribution >= 0.6 is 7.60 Å². The van der Waals surface area contributed by atoms with Crippen LogP contribution in [0.4, 0.5) is 0 Å². The first kappa shape index (κ1) is 12.4. The molecule has 0 aliphatic heterocycles. The van der Waals surface area contributed by atoms with Crippen molar-refractivity contribution in [1.82, 2.24) is 0 Å². The molecule has 0 saturated carbocycles. The van der Waals surface area contributed by atoms with Gasteiger partial charge < -0.3 is 9.05 Å². The Kier molecular flexibility index (Phi) is 5.02. The Morgan fingerprint density at radius 3 is 1.92 bits per heavy atom. The third kappa shape index (κ3) is 4.28. The molecule has 0 radical (unpaired) electrons. The van der Waals surface area contributed by atoms with E-state index in [-0.39, 0.29) is 0 Å². The van der Waals surface area contributed by atoms with E-state index < -0.39 is 7.60 Å². The van der Waals surface area contributed by atoms with Crippen molar-refractivity contribution in [1.29, 1.82) is 0 Å². The highest BCUT2D eigenvalue weighted by Crippen LogP contribution is 2.44. The SMILES string of the molecule is COP(=O)(C#CC(C)=C(C)C)OC. The zero-order valence-corrected chi connectivity index (χ0v) is 9.57. The van der Waals surface area contributed by atoms with Crippen LogP contribution in [0.1, 0.15) is 20.8 Å². The molecule has 74 valence electrons.